The first kappa shape index (κ1) is 17.2. The van der Waals surface area contributed by atoms with Crippen molar-refractivity contribution in [1.82, 2.24) is 0 Å². The molecule has 1 amide bonds. The Hall–Kier alpha value is -2.20. The van der Waals surface area contributed by atoms with E-state index >= 15 is 0 Å². The van der Waals surface area contributed by atoms with Crippen molar-refractivity contribution in [2.75, 3.05) is 17.7 Å². The summed E-state index contributed by atoms with van der Waals surface area (Å²) in [6.45, 7) is 4.33. The average molecular weight is 333 g/mol. The quantitative estimate of drug-likeness (QED) is 0.815. The molecule has 0 radical (unpaired) electrons. The lowest BCUT2D eigenvalue weighted by molar-refractivity contribution is -0.118. The van der Waals surface area contributed by atoms with E-state index in [1.807, 2.05) is 50.2 Å². The van der Waals surface area contributed by atoms with Crippen molar-refractivity contribution in [3.05, 3.63) is 53.1 Å². The van der Waals surface area contributed by atoms with Crippen LogP contribution >= 0.6 is 11.6 Å². The van der Waals surface area contributed by atoms with Crippen molar-refractivity contribution in [2.45, 2.75) is 20.4 Å². The van der Waals surface area contributed by atoms with E-state index in [9.17, 15) is 4.79 Å². The molecule has 122 valence electrons. The molecule has 0 bridgehead atoms. The van der Waals surface area contributed by atoms with Gasteiger partial charge in [-0.1, -0.05) is 25.4 Å². The highest BCUT2D eigenvalue weighted by atomic mass is 35.5. The number of benzene rings is 2. The monoisotopic (exact) mass is 332 g/mol. The first-order valence-electron chi connectivity index (χ1n) is 7.47. The van der Waals surface area contributed by atoms with Crippen LogP contribution in [0, 0.1) is 5.92 Å². The maximum Gasteiger partial charge on any atom is 0.226 e. The summed E-state index contributed by atoms with van der Waals surface area (Å²) >= 11 is 6.03. The number of methoxy groups -OCH3 is 1. The number of anilines is 2. The highest BCUT2D eigenvalue weighted by molar-refractivity contribution is 6.30. The summed E-state index contributed by atoms with van der Waals surface area (Å²) in [5.41, 5.74) is 2.72. The van der Waals surface area contributed by atoms with E-state index in [4.69, 9.17) is 16.3 Å². The average Bonchev–Trinajstić information content (AvgIpc) is 2.54. The fraction of sp³-hybridized carbons (Fsp3) is 0.278. The van der Waals surface area contributed by atoms with Crippen LogP contribution in [0.2, 0.25) is 5.02 Å². The molecular weight excluding hydrogens is 312 g/mol. The summed E-state index contributed by atoms with van der Waals surface area (Å²) in [7, 11) is 1.64. The summed E-state index contributed by atoms with van der Waals surface area (Å²) < 4.78 is 5.33. The minimum absolute atomic E-state index is 0.00868. The molecule has 0 aliphatic carbocycles. The fourth-order valence-electron chi connectivity index (χ4n) is 2.04. The molecule has 0 saturated carbocycles. The number of rotatable bonds is 6. The van der Waals surface area contributed by atoms with Gasteiger partial charge in [0.2, 0.25) is 5.91 Å². The molecule has 0 fully saturated rings. The number of halogens is 1. The maximum atomic E-state index is 11.7. The van der Waals surface area contributed by atoms with Crippen LogP contribution < -0.4 is 15.4 Å². The minimum atomic E-state index is -0.0388. The van der Waals surface area contributed by atoms with Crippen LogP contribution in [-0.4, -0.2) is 13.0 Å². The molecule has 0 unspecified atom stereocenters. The Kier molecular flexibility index (Phi) is 5.88. The number of amides is 1. The van der Waals surface area contributed by atoms with Gasteiger partial charge in [0.25, 0.3) is 0 Å². The number of ether oxygens (including phenoxy) is 1. The van der Waals surface area contributed by atoms with Crippen molar-refractivity contribution in [3.63, 3.8) is 0 Å². The van der Waals surface area contributed by atoms with E-state index in [0.717, 1.165) is 22.7 Å². The van der Waals surface area contributed by atoms with Gasteiger partial charge in [-0.05, 0) is 42.5 Å². The minimum Gasteiger partial charge on any atom is -0.496 e. The number of nitrogens with one attached hydrogen (secondary N) is 2. The number of carbonyl (C=O) groups is 1. The van der Waals surface area contributed by atoms with Crippen molar-refractivity contribution in [3.8, 4) is 5.75 Å². The molecule has 0 atom stereocenters. The Morgan fingerprint density at radius 3 is 2.39 bits per heavy atom. The van der Waals surface area contributed by atoms with Gasteiger partial charge in [-0.3, -0.25) is 4.79 Å². The van der Waals surface area contributed by atoms with E-state index in [1.165, 1.54) is 0 Å². The largest absolute Gasteiger partial charge is 0.496 e. The molecule has 2 N–H and O–H groups in total. The van der Waals surface area contributed by atoms with Crippen molar-refractivity contribution in [1.29, 1.82) is 0 Å². The summed E-state index contributed by atoms with van der Waals surface area (Å²) in [6.07, 6.45) is 0. The highest BCUT2D eigenvalue weighted by Crippen LogP contribution is 2.24. The van der Waals surface area contributed by atoms with Gasteiger partial charge in [-0.15, -0.1) is 0 Å². The second kappa shape index (κ2) is 7.88. The normalized spacial score (nSPS) is 10.5. The first-order chi connectivity index (χ1) is 11.0. The lowest BCUT2D eigenvalue weighted by Gasteiger charge is -2.12. The van der Waals surface area contributed by atoms with Gasteiger partial charge in [0.15, 0.2) is 0 Å². The Morgan fingerprint density at radius 1 is 1.13 bits per heavy atom. The van der Waals surface area contributed by atoms with Crippen LogP contribution in [0.1, 0.15) is 19.4 Å². The van der Waals surface area contributed by atoms with Crippen LogP contribution in [0.3, 0.4) is 0 Å². The van der Waals surface area contributed by atoms with Crippen LogP contribution in [0.15, 0.2) is 42.5 Å². The maximum absolute atomic E-state index is 11.7. The van der Waals surface area contributed by atoms with Gasteiger partial charge >= 0.3 is 0 Å². The Labute approximate surface area is 141 Å². The van der Waals surface area contributed by atoms with Gasteiger partial charge < -0.3 is 15.4 Å². The SMILES string of the molecule is COc1ccc(Cl)cc1CNc1ccc(NC(=O)C(C)C)cc1. The third-order valence-corrected chi connectivity index (χ3v) is 3.64. The van der Waals surface area contributed by atoms with E-state index in [0.29, 0.717) is 11.6 Å². The number of hydrogen-bond donors (Lipinski definition) is 2. The lowest BCUT2D eigenvalue weighted by atomic mass is 10.2. The van der Waals surface area contributed by atoms with Crippen molar-refractivity contribution >= 4 is 28.9 Å². The molecule has 23 heavy (non-hydrogen) atoms. The van der Waals surface area contributed by atoms with Gasteiger partial charge in [0.1, 0.15) is 5.75 Å². The topological polar surface area (TPSA) is 50.4 Å². The molecule has 0 aliphatic heterocycles. The van der Waals surface area contributed by atoms with Crippen LogP contribution in [-0.2, 0) is 11.3 Å². The van der Waals surface area contributed by atoms with Crippen molar-refractivity contribution in [2.24, 2.45) is 5.92 Å². The summed E-state index contributed by atoms with van der Waals surface area (Å²) in [5, 5.41) is 6.85. The third-order valence-electron chi connectivity index (χ3n) is 3.40. The Bertz CT molecular complexity index is 669. The van der Waals surface area contributed by atoms with E-state index in [-0.39, 0.29) is 11.8 Å². The molecular formula is C18H21ClN2O2. The Morgan fingerprint density at radius 2 is 1.78 bits per heavy atom. The zero-order valence-corrected chi connectivity index (χ0v) is 14.3. The van der Waals surface area contributed by atoms with Gasteiger partial charge in [-0.2, -0.15) is 0 Å². The zero-order chi connectivity index (χ0) is 16.8. The van der Waals surface area contributed by atoms with E-state index < -0.39 is 0 Å². The summed E-state index contributed by atoms with van der Waals surface area (Å²) in [5.74, 6) is 0.764. The van der Waals surface area contributed by atoms with E-state index in [1.54, 1.807) is 13.2 Å². The molecule has 2 aromatic rings. The van der Waals surface area contributed by atoms with Gasteiger partial charge in [0.05, 0.1) is 7.11 Å². The zero-order valence-electron chi connectivity index (χ0n) is 13.5. The Balaban J connectivity index is 1.99. The molecule has 0 aromatic heterocycles. The van der Waals surface area contributed by atoms with E-state index in [2.05, 4.69) is 10.6 Å². The second-order valence-corrected chi connectivity index (χ2v) is 5.97. The lowest BCUT2D eigenvalue weighted by Crippen LogP contribution is -2.17. The van der Waals surface area contributed by atoms with Crippen LogP contribution in [0.4, 0.5) is 11.4 Å². The standard InChI is InChI=1S/C18H21ClN2O2/c1-12(2)18(22)21-16-7-5-15(6-8-16)20-11-13-10-14(19)4-9-17(13)23-3/h4-10,12,20H,11H2,1-3H3,(H,21,22). The number of carbonyl (C=O) groups excluding carboxylic acids is 1. The van der Waals surface area contributed by atoms with Crippen molar-refractivity contribution < 1.29 is 9.53 Å². The smallest absolute Gasteiger partial charge is 0.226 e. The first-order valence-corrected chi connectivity index (χ1v) is 7.84. The molecule has 5 heteroatoms. The number of hydrogen-bond acceptors (Lipinski definition) is 3. The predicted molar refractivity (Wildman–Crippen MR) is 95.2 cm³/mol. The van der Waals surface area contributed by atoms with Crippen LogP contribution in [0.5, 0.6) is 5.75 Å². The predicted octanol–water partition coefficient (Wildman–Crippen LogP) is 4.56. The molecule has 0 saturated heterocycles. The molecule has 2 rings (SSSR count). The second-order valence-electron chi connectivity index (χ2n) is 5.53. The fourth-order valence-corrected chi connectivity index (χ4v) is 2.24. The molecule has 4 nitrogen and oxygen atoms in total. The van der Waals surface area contributed by atoms with Gasteiger partial charge in [0, 0.05) is 34.4 Å². The highest BCUT2D eigenvalue weighted by Gasteiger charge is 2.07. The molecule has 2 aromatic carbocycles. The summed E-state index contributed by atoms with van der Waals surface area (Å²) in [6, 6.07) is 13.1. The van der Waals surface area contributed by atoms with Gasteiger partial charge in [-0.25, -0.2) is 0 Å². The molecule has 0 aliphatic rings. The van der Waals surface area contributed by atoms with Crippen LogP contribution in [0.25, 0.3) is 0 Å². The summed E-state index contributed by atoms with van der Waals surface area (Å²) in [4.78, 5) is 11.7. The molecule has 0 spiro atoms. The third kappa shape index (κ3) is 4.89. The molecule has 0 heterocycles.